The summed E-state index contributed by atoms with van der Waals surface area (Å²) in [6.07, 6.45) is -2.46. The molecule has 2 aromatic rings. The van der Waals surface area contributed by atoms with Gasteiger partial charge in [-0.2, -0.15) is 10.2 Å². The number of nitrogens with one attached hydrogen (secondary N) is 1. The first-order valence-corrected chi connectivity index (χ1v) is 8.45. The number of rotatable bonds is 5. The molecule has 0 radical (unpaired) electrons. The Morgan fingerprint density at radius 2 is 2.04 bits per heavy atom. The minimum absolute atomic E-state index is 0.167. The molecule has 1 amide bonds. The summed E-state index contributed by atoms with van der Waals surface area (Å²) in [5.41, 5.74) is -0.591. The van der Waals surface area contributed by atoms with E-state index in [1.54, 1.807) is 13.0 Å². The maximum Gasteiger partial charge on any atom is 0.573 e. The number of hydrogen-bond donors (Lipinski definition) is 1. The van der Waals surface area contributed by atoms with Gasteiger partial charge in [0.1, 0.15) is 17.0 Å². The van der Waals surface area contributed by atoms with Crippen LogP contribution in [0.3, 0.4) is 0 Å². The number of nitrogens with zero attached hydrogens (tertiary/aromatic N) is 4. The van der Waals surface area contributed by atoms with Gasteiger partial charge in [-0.3, -0.25) is 9.69 Å². The largest absolute Gasteiger partial charge is 0.573 e. The number of carbonyl (C=O) groups excluding carboxylic acids is 1. The Morgan fingerprint density at radius 1 is 1.32 bits per heavy atom. The molecule has 28 heavy (non-hydrogen) atoms. The molecule has 0 aliphatic carbocycles. The summed E-state index contributed by atoms with van der Waals surface area (Å²) in [7, 11) is 0. The van der Waals surface area contributed by atoms with Crippen molar-refractivity contribution in [3.05, 3.63) is 36.5 Å². The van der Waals surface area contributed by atoms with Gasteiger partial charge >= 0.3 is 6.36 Å². The van der Waals surface area contributed by atoms with Crippen LogP contribution in [-0.2, 0) is 4.79 Å². The van der Waals surface area contributed by atoms with Crippen molar-refractivity contribution in [2.45, 2.75) is 26.1 Å². The van der Waals surface area contributed by atoms with Crippen LogP contribution in [0, 0.1) is 16.7 Å². The Balaban J connectivity index is 1.74. The van der Waals surface area contributed by atoms with Crippen LogP contribution in [0.2, 0.25) is 0 Å². The average molecular weight is 391 g/mol. The van der Waals surface area contributed by atoms with Gasteiger partial charge in [0, 0.05) is 18.4 Å². The molecule has 146 valence electrons. The van der Waals surface area contributed by atoms with Crippen molar-refractivity contribution in [3.8, 4) is 11.8 Å². The van der Waals surface area contributed by atoms with Gasteiger partial charge in [0.2, 0.25) is 11.9 Å². The highest BCUT2D eigenvalue weighted by atomic mass is 19.4. The molecule has 2 heterocycles. The van der Waals surface area contributed by atoms with Gasteiger partial charge in [-0.05, 0) is 43.2 Å². The van der Waals surface area contributed by atoms with Crippen molar-refractivity contribution in [1.29, 1.82) is 5.26 Å². The van der Waals surface area contributed by atoms with E-state index in [-0.39, 0.29) is 17.6 Å². The van der Waals surface area contributed by atoms with E-state index >= 15 is 0 Å². The van der Waals surface area contributed by atoms with Crippen LogP contribution in [0.4, 0.5) is 30.6 Å². The number of carbonyl (C=O) groups is 1. The number of benzene rings is 1. The number of hydrogen-bond acceptors (Lipinski definition) is 6. The smallest absolute Gasteiger partial charge is 0.406 e. The standard InChI is InChI=1S/C18H16F3N5O2/c1-2-17(11-22)8-10-26(15(17)27)14-7-9-23-16(25-14)24-12-3-5-13(6-4-12)28-18(19,20)21/h3-7,9H,2,8,10H2,1H3,(H,23,24,25). The SMILES string of the molecule is CCC1(C#N)CCN(c2ccnc(Nc3ccc(OC(F)(F)F)cc3)n2)C1=O. The normalized spacial score (nSPS) is 19.4. The minimum atomic E-state index is -4.76. The van der Waals surface area contributed by atoms with E-state index in [1.807, 2.05) is 0 Å². The van der Waals surface area contributed by atoms with Crippen molar-refractivity contribution >= 4 is 23.4 Å². The first-order chi connectivity index (χ1) is 13.3. The molecule has 3 rings (SSSR count). The number of ether oxygens (including phenoxy) is 1. The monoisotopic (exact) mass is 391 g/mol. The van der Waals surface area contributed by atoms with Gasteiger partial charge in [0.15, 0.2) is 0 Å². The molecular formula is C18H16F3N5O2. The van der Waals surface area contributed by atoms with Gasteiger partial charge in [0.05, 0.1) is 6.07 Å². The molecule has 1 aromatic heterocycles. The minimum Gasteiger partial charge on any atom is -0.406 e. The number of anilines is 3. The molecule has 1 aliphatic heterocycles. The lowest BCUT2D eigenvalue weighted by Gasteiger charge is -2.19. The van der Waals surface area contributed by atoms with Crippen LogP contribution in [-0.4, -0.2) is 28.8 Å². The van der Waals surface area contributed by atoms with Gasteiger partial charge in [0.25, 0.3) is 0 Å². The summed E-state index contributed by atoms with van der Waals surface area (Å²) in [6, 6.07) is 8.76. The fourth-order valence-corrected chi connectivity index (χ4v) is 2.93. The third-order valence-corrected chi connectivity index (χ3v) is 4.50. The number of halogens is 3. The zero-order chi connectivity index (χ0) is 20.4. The lowest BCUT2D eigenvalue weighted by molar-refractivity contribution is -0.274. The molecule has 1 fully saturated rings. The van der Waals surface area contributed by atoms with Crippen LogP contribution >= 0.6 is 0 Å². The first kappa shape index (κ1) is 19.4. The van der Waals surface area contributed by atoms with Gasteiger partial charge in [-0.15, -0.1) is 13.2 Å². The Morgan fingerprint density at radius 3 is 2.61 bits per heavy atom. The molecule has 1 atom stereocenters. The number of nitriles is 1. The van der Waals surface area contributed by atoms with Crippen molar-refractivity contribution in [2.75, 3.05) is 16.8 Å². The van der Waals surface area contributed by atoms with Gasteiger partial charge in [-0.25, -0.2) is 4.98 Å². The van der Waals surface area contributed by atoms with Crippen LogP contribution in [0.15, 0.2) is 36.5 Å². The van der Waals surface area contributed by atoms with E-state index in [9.17, 15) is 23.2 Å². The van der Waals surface area contributed by atoms with Crippen LogP contribution in [0.25, 0.3) is 0 Å². The molecule has 0 bridgehead atoms. The molecular weight excluding hydrogens is 375 g/mol. The van der Waals surface area contributed by atoms with Crippen LogP contribution in [0.5, 0.6) is 5.75 Å². The summed E-state index contributed by atoms with van der Waals surface area (Å²) in [5, 5.41) is 12.2. The summed E-state index contributed by atoms with van der Waals surface area (Å²) in [6.45, 7) is 2.17. The number of alkyl halides is 3. The molecule has 7 nitrogen and oxygen atoms in total. The van der Waals surface area contributed by atoms with Crippen molar-refractivity contribution in [1.82, 2.24) is 9.97 Å². The zero-order valence-corrected chi connectivity index (χ0v) is 14.8. The average Bonchev–Trinajstić information content (AvgIpc) is 2.99. The van der Waals surface area contributed by atoms with E-state index in [0.29, 0.717) is 30.9 Å². The Hall–Kier alpha value is -3.35. The Bertz CT molecular complexity index is 911. The predicted octanol–water partition coefficient (Wildman–Crippen LogP) is 3.78. The summed E-state index contributed by atoms with van der Waals surface area (Å²) in [5.74, 6) is -0.121. The third-order valence-electron chi connectivity index (χ3n) is 4.50. The fourth-order valence-electron chi connectivity index (χ4n) is 2.93. The van der Waals surface area contributed by atoms with E-state index in [1.165, 1.54) is 23.2 Å². The predicted molar refractivity (Wildman–Crippen MR) is 93.7 cm³/mol. The zero-order valence-electron chi connectivity index (χ0n) is 14.8. The fraction of sp³-hybridized carbons (Fsp3) is 0.333. The Labute approximate surface area is 158 Å². The second kappa shape index (κ2) is 7.34. The molecule has 1 saturated heterocycles. The van der Waals surface area contributed by atoms with E-state index in [4.69, 9.17) is 0 Å². The first-order valence-electron chi connectivity index (χ1n) is 8.45. The van der Waals surface area contributed by atoms with Crippen molar-refractivity contribution < 1.29 is 22.7 Å². The summed E-state index contributed by atoms with van der Waals surface area (Å²) in [4.78, 5) is 22.4. The summed E-state index contributed by atoms with van der Waals surface area (Å²) >= 11 is 0. The number of amides is 1. The molecule has 1 unspecified atom stereocenters. The second-order valence-corrected chi connectivity index (χ2v) is 6.19. The molecule has 1 aromatic carbocycles. The van der Waals surface area contributed by atoms with E-state index in [2.05, 4.69) is 26.1 Å². The Kier molecular flexibility index (Phi) is 5.09. The second-order valence-electron chi connectivity index (χ2n) is 6.19. The van der Waals surface area contributed by atoms with E-state index < -0.39 is 11.8 Å². The van der Waals surface area contributed by atoms with Crippen LogP contribution < -0.4 is 15.0 Å². The maximum atomic E-state index is 12.6. The topological polar surface area (TPSA) is 91.1 Å². The van der Waals surface area contributed by atoms with Crippen molar-refractivity contribution in [3.63, 3.8) is 0 Å². The highest BCUT2D eigenvalue weighted by Gasteiger charge is 2.46. The van der Waals surface area contributed by atoms with E-state index in [0.717, 1.165) is 12.1 Å². The highest BCUT2D eigenvalue weighted by Crippen LogP contribution is 2.36. The molecule has 10 heteroatoms. The quantitative estimate of drug-likeness (QED) is 0.834. The van der Waals surface area contributed by atoms with Gasteiger partial charge in [-0.1, -0.05) is 6.92 Å². The highest BCUT2D eigenvalue weighted by molar-refractivity contribution is 6.01. The lowest BCUT2D eigenvalue weighted by atomic mass is 9.85. The summed E-state index contributed by atoms with van der Waals surface area (Å²) < 4.78 is 40.4. The van der Waals surface area contributed by atoms with Gasteiger partial charge < -0.3 is 10.1 Å². The lowest BCUT2D eigenvalue weighted by Crippen LogP contribution is -2.33. The molecule has 0 spiro atoms. The molecule has 0 saturated carbocycles. The third kappa shape index (κ3) is 3.98. The molecule has 1 aliphatic rings. The maximum absolute atomic E-state index is 12.6. The van der Waals surface area contributed by atoms with Crippen molar-refractivity contribution in [2.24, 2.45) is 5.41 Å². The molecule has 1 N–H and O–H groups in total. The van der Waals surface area contributed by atoms with Crippen LogP contribution in [0.1, 0.15) is 19.8 Å². The number of aromatic nitrogens is 2.